The third kappa shape index (κ3) is 3.75. The van der Waals surface area contributed by atoms with E-state index in [0.29, 0.717) is 5.56 Å². The standard InChI is InChI=1S/C17H16F2N2O/c1-3-12-4-6-13(7-5-12)17(22)21-20-11(2)15-10-14(18)8-9-16(15)19/h4-10H,3H2,1-2H3,(H,21,22)/b20-11-. The maximum atomic E-state index is 13.6. The summed E-state index contributed by atoms with van der Waals surface area (Å²) < 4.78 is 26.7. The van der Waals surface area contributed by atoms with Crippen molar-refractivity contribution in [3.05, 3.63) is 70.8 Å². The number of nitrogens with zero attached hydrogens (tertiary/aromatic N) is 1. The van der Waals surface area contributed by atoms with E-state index in [2.05, 4.69) is 10.5 Å². The molecule has 3 nitrogen and oxygen atoms in total. The molecule has 0 radical (unpaired) electrons. The zero-order chi connectivity index (χ0) is 16.1. The third-order valence-corrected chi connectivity index (χ3v) is 3.27. The Hall–Kier alpha value is -2.56. The second-order valence-corrected chi connectivity index (χ2v) is 4.81. The predicted molar refractivity (Wildman–Crippen MR) is 81.9 cm³/mol. The lowest BCUT2D eigenvalue weighted by Gasteiger charge is -2.05. The molecule has 0 spiro atoms. The first-order valence-corrected chi connectivity index (χ1v) is 6.90. The van der Waals surface area contributed by atoms with Crippen molar-refractivity contribution in [2.75, 3.05) is 0 Å². The quantitative estimate of drug-likeness (QED) is 0.679. The lowest BCUT2D eigenvalue weighted by molar-refractivity contribution is 0.0955. The zero-order valence-electron chi connectivity index (χ0n) is 12.4. The molecular formula is C17H16F2N2O. The van der Waals surface area contributed by atoms with Crippen LogP contribution >= 0.6 is 0 Å². The molecule has 1 N–H and O–H groups in total. The fourth-order valence-electron chi connectivity index (χ4n) is 1.93. The highest BCUT2D eigenvalue weighted by Crippen LogP contribution is 2.11. The van der Waals surface area contributed by atoms with Gasteiger partial charge in [0.15, 0.2) is 0 Å². The number of carbonyl (C=O) groups is 1. The van der Waals surface area contributed by atoms with Crippen molar-refractivity contribution in [2.24, 2.45) is 5.10 Å². The van der Waals surface area contributed by atoms with Crippen LogP contribution in [0.15, 0.2) is 47.6 Å². The van der Waals surface area contributed by atoms with Crippen LogP contribution in [0.1, 0.15) is 35.3 Å². The predicted octanol–water partition coefficient (Wildman–Crippen LogP) is 3.68. The van der Waals surface area contributed by atoms with Crippen molar-refractivity contribution >= 4 is 11.6 Å². The Morgan fingerprint density at radius 1 is 1.14 bits per heavy atom. The van der Waals surface area contributed by atoms with Crippen molar-refractivity contribution in [3.8, 4) is 0 Å². The summed E-state index contributed by atoms with van der Waals surface area (Å²) in [6.07, 6.45) is 0.887. The molecule has 2 rings (SSSR count). The van der Waals surface area contributed by atoms with Gasteiger partial charge in [-0.25, -0.2) is 14.2 Å². The summed E-state index contributed by atoms with van der Waals surface area (Å²) in [6.45, 7) is 3.52. The Balaban J connectivity index is 2.12. The van der Waals surface area contributed by atoms with Crippen molar-refractivity contribution in [3.63, 3.8) is 0 Å². The van der Waals surface area contributed by atoms with E-state index in [4.69, 9.17) is 0 Å². The number of rotatable bonds is 4. The first-order chi connectivity index (χ1) is 10.5. The fourth-order valence-corrected chi connectivity index (χ4v) is 1.93. The Morgan fingerprint density at radius 3 is 2.45 bits per heavy atom. The molecule has 2 aromatic rings. The lowest BCUT2D eigenvalue weighted by atomic mass is 10.1. The summed E-state index contributed by atoms with van der Waals surface area (Å²) in [5, 5.41) is 3.83. The van der Waals surface area contributed by atoms with Crippen LogP contribution in [-0.2, 0) is 6.42 Å². The number of nitrogens with one attached hydrogen (secondary N) is 1. The Kier molecular flexibility index (Phi) is 4.99. The largest absolute Gasteiger partial charge is 0.271 e. The zero-order valence-corrected chi connectivity index (χ0v) is 12.4. The molecule has 0 aromatic heterocycles. The number of hydrogen-bond donors (Lipinski definition) is 1. The number of aryl methyl sites for hydroxylation is 1. The Morgan fingerprint density at radius 2 is 1.82 bits per heavy atom. The van der Waals surface area contributed by atoms with Gasteiger partial charge in [-0.3, -0.25) is 4.79 Å². The first-order valence-electron chi connectivity index (χ1n) is 6.90. The fraction of sp³-hybridized carbons (Fsp3) is 0.176. The van der Waals surface area contributed by atoms with Crippen molar-refractivity contribution < 1.29 is 13.6 Å². The van der Waals surface area contributed by atoms with Gasteiger partial charge in [0, 0.05) is 11.1 Å². The van der Waals surface area contributed by atoms with Crippen LogP contribution in [0.25, 0.3) is 0 Å². The van der Waals surface area contributed by atoms with Gasteiger partial charge in [0.1, 0.15) is 11.6 Å². The summed E-state index contributed by atoms with van der Waals surface area (Å²) in [4.78, 5) is 11.9. The highest BCUT2D eigenvalue weighted by atomic mass is 19.1. The molecule has 0 saturated carbocycles. The van der Waals surface area contributed by atoms with Gasteiger partial charge < -0.3 is 0 Å². The molecule has 0 heterocycles. The van der Waals surface area contributed by atoms with Crippen LogP contribution in [0, 0.1) is 11.6 Å². The number of carbonyl (C=O) groups excluding carboxylic acids is 1. The van der Waals surface area contributed by atoms with E-state index in [1.807, 2.05) is 19.1 Å². The maximum absolute atomic E-state index is 13.6. The van der Waals surface area contributed by atoms with Crippen molar-refractivity contribution in [1.29, 1.82) is 0 Å². The highest BCUT2D eigenvalue weighted by Gasteiger charge is 2.09. The van der Waals surface area contributed by atoms with E-state index < -0.39 is 17.5 Å². The molecule has 0 fully saturated rings. The smallest absolute Gasteiger partial charge is 0.267 e. The van der Waals surface area contributed by atoms with E-state index in [1.165, 1.54) is 6.92 Å². The molecule has 0 saturated heterocycles. The third-order valence-electron chi connectivity index (χ3n) is 3.27. The van der Waals surface area contributed by atoms with E-state index in [1.54, 1.807) is 12.1 Å². The molecule has 5 heteroatoms. The molecule has 2 aromatic carbocycles. The van der Waals surface area contributed by atoms with Crippen LogP contribution in [0.5, 0.6) is 0 Å². The monoisotopic (exact) mass is 302 g/mol. The number of hydrazone groups is 1. The van der Waals surface area contributed by atoms with Crippen LogP contribution in [0.2, 0.25) is 0 Å². The first kappa shape index (κ1) is 15.8. The van der Waals surface area contributed by atoms with E-state index in [-0.39, 0.29) is 11.3 Å². The van der Waals surface area contributed by atoms with Gasteiger partial charge in [-0.15, -0.1) is 0 Å². The molecule has 0 aliphatic carbocycles. The summed E-state index contributed by atoms with van der Waals surface area (Å²) in [5.74, 6) is -1.56. The molecule has 0 bridgehead atoms. The summed E-state index contributed by atoms with van der Waals surface area (Å²) in [5.41, 5.74) is 4.12. The van der Waals surface area contributed by atoms with Gasteiger partial charge in [0.2, 0.25) is 0 Å². The SMILES string of the molecule is CCc1ccc(C(=O)N/N=C(/C)c2cc(F)ccc2F)cc1. The average molecular weight is 302 g/mol. The molecule has 0 aliphatic rings. The van der Waals surface area contributed by atoms with E-state index in [9.17, 15) is 13.6 Å². The molecule has 0 atom stereocenters. The molecule has 0 aliphatic heterocycles. The summed E-state index contributed by atoms with van der Waals surface area (Å²) in [7, 11) is 0. The Bertz CT molecular complexity index is 709. The number of benzene rings is 2. The van der Waals surface area contributed by atoms with Gasteiger partial charge in [-0.2, -0.15) is 5.10 Å². The minimum atomic E-state index is -0.593. The number of halogens is 2. The van der Waals surface area contributed by atoms with Crippen LogP contribution < -0.4 is 5.43 Å². The minimum absolute atomic E-state index is 0.0154. The van der Waals surface area contributed by atoms with E-state index in [0.717, 1.165) is 30.2 Å². The van der Waals surface area contributed by atoms with Gasteiger partial charge in [-0.05, 0) is 49.2 Å². The van der Waals surface area contributed by atoms with Gasteiger partial charge >= 0.3 is 0 Å². The summed E-state index contributed by atoms with van der Waals surface area (Å²) in [6, 6.07) is 10.2. The molecule has 1 amide bonds. The second kappa shape index (κ2) is 6.93. The maximum Gasteiger partial charge on any atom is 0.271 e. The topological polar surface area (TPSA) is 41.5 Å². The molecular weight excluding hydrogens is 286 g/mol. The van der Waals surface area contributed by atoms with E-state index >= 15 is 0 Å². The molecule has 0 unspecified atom stereocenters. The van der Waals surface area contributed by atoms with Crippen molar-refractivity contribution in [2.45, 2.75) is 20.3 Å². The normalized spacial score (nSPS) is 11.4. The van der Waals surface area contributed by atoms with Gasteiger partial charge in [-0.1, -0.05) is 19.1 Å². The van der Waals surface area contributed by atoms with Crippen LogP contribution in [0.3, 0.4) is 0 Å². The van der Waals surface area contributed by atoms with Crippen molar-refractivity contribution in [1.82, 2.24) is 5.43 Å². The number of hydrogen-bond acceptors (Lipinski definition) is 2. The van der Waals surface area contributed by atoms with Crippen LogP contribution in [-0.4, -0.2) is 11.6 Å². The number of amides is 1. The molecule has 114 valence electrons. The van der Waals surface area contributed by atoms with Gasteiger partial charge in [0.25, 0.3) is 5.91 Å². The van der Waals surface area contributed by atoms with Gasteiger partial charge in [0.05, 0.1) is 5.71 Å². The minimum Gasteiger partial charge on any atom is -0.267 e. The lowest BCUT2D eigenvalue weighted by Crippen LogP contribution is -2.19. The van der Waals surface area contributed by atoms with Crippen LogP contribution in [0.4, 0.5) is 8.78 Å². The Labute approximate surface area is 127 Å². The highest BCUT2D eigenvalue weighted by molar-refractivity contribution is 6.01. The molecule has 22 heavy (non-hydrogen) atoms. The summed E-state index contributed by atoms with van der Waals surface area (Å²) >= 11 is 0. The second-order valence-electron chi connectivity index (χ2n) is 4.81. The average Bonchev–Trinajstić information content (AvgIpc) is 2.54.